The van der Waals surface area contributed by atoms with Gasteiger partial charge < -0.3 is 19.2 Å². The Balaban J connectivity index is 1.83. The molecule has 0 radical (unpaired) electrons. The molecule has 1 N–H and O–H groups in total. The van der Waals surface area contributed by atoms with Gasteiger partial charge in [-0.3, -0.25) is 9.69 Å². The van der Waals surface area contributed by atoms with Crippen LogP contribution in [-0.4, -0.2) is 42.7 Å². The summed E-state index contributed by atoms with van der Waals surface area (Å²) in [6, 6.07) is 3.76. The van der Waals surface area contributed by atoms with Gasteiger partial charge in [-0.1, -0.05) is 6.92 Å². The van der Waals surface area contributed by atoms with Gasteiger partial charge in [-0.25, -0.2) is 4.98 Å². The number of aromatic nitrogens is 2. The van der Waals surface area contributed by atoms with Gasteiger partial charge in [0.05, 0.1) is 32.6 Å². The highest BCUT2D eigenvalue weighted by Crippen LogP contribution is 2.35. The van der Waals surface area contributed by atoms with Crippen LogP contribution in [0.4, 0.5) is 0 Å². The van der Waals surface area contributed by atoms with Crippen molar-refractivity contribution in [3.63, 3.8) is 0 Å². The minimum atomic E-state index is -0.0209. The maximum atomic E-state index is 12.5. The highest BCUT2D eigenvalue weighted by Gasteiger charge is 2.23. The van der Waals surface area contributed by atoms with Crippen molar-refractivity contribution in [2.75, 3.05) is 27.9 Å². The van der Waals surface area contributed by atoms with Gasteiger partial charge in [0, 0.05) is 44.1 Å². The number of rotatable bonds is 7. The molecule has 0 aliphatic carbocycles. The molecular formula is C20H27N3O4. The van der Waals surface area contributed by atoms with Gasteiger partial charge in [0.25, 0.3) is 5.56 Å². The Labute approximate surface area is 159 Å². The number of H-pyrrole nitrogens is 1. The van der Waals surface area contributed by atoms with Gasteiger partial charge >= 0.3 is 0 Å². The first-order chi connectivity index (χ1) is 13.1. The highest BCUT2D eigenvalue weighted by atomic mass is 16.5. The normalized spacial score (nSPS) is 13.9. The van der Waals surface area contributed by atoms with E-state index in [9.17, 15) is 4.79 Å². The Morgan fingerprint density at radius 2 is 1.81 bits per heavy atom. The minimum absolute atomic E-state index is 0.0209. The van der Waals surface area contributed by atoms with E-state index in [-0.39, 0.29) is 5.56 Å². The molecule has 3 rings (SSSR count). The van der Waals surface area contributed by atoms with E-state index in [0.29, 0.717) is 24.6 Å². The zero-order valence-electron chi connectivity index (χ0n) is 16.4. The number of methoxy groups -OCH3 is 3. The molecule has 1 aliphatic rings. The maximum absolute atomic E-state index is 12.5. The molecule has 1 aliphatic heterocycles. The fourth-order valence-corrected chi connectivity index (χ4v) is 3.48. The van der Waals surface area contributed by atoms with Crippen molar-refractivity contribution >= 4 is 0 Å². The largest absolute Gasteiger partial charge is 0.496 e. The molecule has 7 heteroatoms. The van der Waals surface area contributed by atoms with E-state index >= 15 is 0 Å². The van der Waals surface area contributed by atoms with E-state index in [1.807, 2.05) is 12.1 Å². The topological polar surface area (TPSA) is 76.7 Å². The summed E-state index contributed by atoms with van der Waals surface area (Å²) in [5, 5.41) is 0. The van der Waals surface area contributed by atoms with Crippen LogP contribution in [0.5, 0.6) is 17.2 Å². The van der Waals surface area contributed by atoms with Crippen LogP contribution in [0, 0.1) is 0 Å². The third kappa shape index (κ3) is 4.08. The summed E-state index contributed by atoms with van der Waals surface area (Å²) in [6.07, 6.45) is 2.54. The van der Waals surface area contributed by atoms with Crippen LogP contribution in [0.2, 0.25) is 0 Å². The first-order valence-electron chi connectivity index (χ1n) is 9.21. The van der Waals surface area contributed by atoms with E-state index < -0.39 is 0 Å². The molecule has 27 heavy (non-hydrogen) atoms. The lowest BCUT2D eigenvalue weighted by molar-refractivity contribution is 0.237. The summed E-state index contributed by atoms with van der Waals surface area (Å²) in [5.41, 5.74) is 2.66. The van der Waals surface area contributed by atoms with Crippen molar-refractivity contribution in [1.82, 2.24) is 14.9 Å². The lowest BCUT2D eigenvalue weighted by Gasteiger charge is -2.28. The maximum Gasteiger partial charge on any atom is 0.255 e. The van der Waals surface area contributed by atoms with Gasteiger partial charge in [-0.2, -0.15) is 0 Å². The number of aromatic amines is 1. The smallest absolute Gasteiger partial charge is 0.255 e. The molecule has 0 spiro atoms. The van der Waals surface area contributed by atoms with Crippen LogP contribution in [0.25, 0.3) is 0 Å². The number of aryl methyl sites for hydroxylation is 1. The van der Waals surface area contributed by atoms with E-state index in [4.69, 9.17) is 14.2 Å². The van der Waals surface area contributed by atoms with Crippen molar-refractivity contribution < 1.29 is 14.2 Å². The molecule has 2 heterocycles. The monoisotopic (exact) mass is 373 g/mol. The van der Waals surface area contributed by atoms with Gasteiger partial charge in [-0.15, -0.1) is 0 Å². The van der Waals surface area contributed by atoms with Crippen molar-refractivity contribution in [2.45, 2.75) is 39.3 Å². The van der Waals surface area contributed by atoms with E-state index in [1.165, 1.54) is 0 Å². The Kier molecular flexibility index (Phi) is 6.01. The molecule has 0 bridgehead atoms. The van der Waals surface area contributed by atoms with Gasteiger partial charge in [-0.05, 0) is 12.5 Å². The van der Waals surface area contributed by atoms with Crippen LogP contribution < -0.4 is 19.8 Å². The van der Waals surface area contributed by atoms with E-state index in [0.717, 1.165) is 54.2 Å². The van der Waals surface area contributed by atoms with Gasteiger partial charge in [0.2, 0.25) is 0 Å². The number of hydrogen-bond acceptors (Lipinski definition) is 6. The third-order valence-electron chi connectivity index (χ3n) is 4.86. The number of hydrogen-bond donors (Lipinski definition) is 1. The predicted molar refractivity (Wildman–Crippen MR) is 103 cm³/mol. The molecule has 146 valence electrons. The summed E-state index contributed by atoms with van der Waals surface area (Å²) in [4.78, 5) is 22.3. The van der Waals surface area contributed by atoms with Crippen LogP contribution in [0.3, 0.4) is 0 Å². The first-order valence-corrected chi connectivity index (χ1v) is 9.21. The van der Waals surface area contributed by atoms with Crippen LogP contribution in [0.15, 0.2) is 16.9 Å². The number of nitrogens with zero attached hydrogens (tertiary/aromatic N) is 2. The molecule has 7 nitrogen and oxygen atoms in total. The second kappa shape index (κ2) is 8.43. The van der Waals surface area contributed by atoms with Crippen molar-refractivity contribution in [1.29, 1.82) is 0 Å². The van der Waals surface area contributed by atoms with Crippen LogP contribution in [0.1, 0.15) is 36.0 Å². The molecule has 0 atom stereocenters. The lowest BCUT2D eigenvalue weighted by atomic mass is 10.0. The lowest BCUT2D eigenvalue weighted by Crippen LogP contribution is -2.35. The van der Waals surface area contributed by atoms with Crippen molar-refractivity contribution in [3.05, 3.63) is 45.1 Å². The number of nitrogens with one attached hydrogen (secondary N) is 1. The predicted octanol–water partition coefficient (Wildman–Crippen LogP) is 2.31. The standard InChI is InChI=1S/C20H27N3O4/c1-5-6-19-21-15-7-8-23(12-14(15)20(24)22-19)11-13-9-17(26-3)18(27-4)10-16(13)25-2/h9-10H,5-8,11-12H2,1-4H3,(H,21,22,24). The Hall–Kier alpha value is -2.54. The molecule has 0 unspecified atom stereocenters. The number of benzene rings is 1. The first kappa shape index (κ1) is 19.2. The molecule has 1 aromatic heterocycles. The fraction of sp³-hybridized carbons (Fsp3) is 0.500. The Morgan fingerprint density at radius 1 is 1.11 bits per heavy atom. The SMILES string of the molecule is CCCc1nc2c(c(=O)[nH]1)CN(Cc1cc(OC)c(OC)cc1OC)CC2. The molecule has 0 fully saturated rings. The number of ether oxygens (including phenoxy) is 3. The minimum Gasteiger partial charge on any atom is -0.496 e. The summed E-state index contributed by atoms with van der Waals surface area (Å²) in [7, 11) is 4.86. The molecule has 0 amide bonds. The summed E-state index contributed by atoms with van der Waals surface area (Å²) < 4.78 is 16.3. The van der Waals surface area contributed by atoms with Gasteiger partial charge in [0.1, 0.15) is 11.6 Å². The average molecular weight is 373 g/mol. The molecule has 2 aromatic rings. The zero-order chi connectivity index (χ0) is 19.4. The van der Waals surface area contributed by atoms with E-state index in [2.05, 4.69) is 21.8 Å². The summed E-state index contributed by atoms with van der Waals surface area (Å²) in [5.74, 6) is 2.82. The summed E-state index contributed by atoms with van der Waals surface area (Å²) >= 11 is 0. The van der Waals surface area contributed by atoms with Crippen molar-refractivity contribution in [2.24, 2.45) is 0 Å². The number of fused-ring (bicyclic) bond motifs is 1. The van der Waals surface area contributed by atoms with Crippen molar-refractivity contribution in [3.8, 4) is 17.2 Å². The van der Waals surface area contributed by atoms with Crippen LogP contribution in [-0.2, 0) is 25.9 Å². The molecule has 0 saturated heterocycles. The Bertz CT molecular complexity index is 863. The average Bonchev–Trinajstić information content (AvgIpc) is 2.68. The van der Waals surface area contributed by atoms with E-state index in [1.54, 1.807) is 21.3 Å². The molecule has 0 saturated carbocycles. The van der Waals surface area contributed by atoms with Gasteiger partial charge in [0.15, 0.2) is 11.5 Å². The molecule has 1 aromatic carbocycles. The second-order valence-corrected chi connectivity index (χ2v) is 6.67. The zero-order valence-corrected chi connectivity index (χ0v) is 16.4. The quantitative estimate of drug-likeness (QED) is 0.803. The fourth-order valence-electron chi connectivity index (χ4n) is 3.48. The van der Waals surface area contributed by atoms with Crippen LogP contribution >= 0.6 is 0 Å². The Morgan fingerprint density at radius 3 is 2.48 bits per heavy atom. The third-order valence-corrected chi connectivity index (χ3v) is 4.86. The highest BCUT2D eigenvalue weighted by molar-refractivity contribution is 5.50. The second-order valence-electron chi connectivity index (χ2n) is 6.67. The summed E-state index contributed by atoms with van der Waals surface area (Å²) in [6.45, 7) is 4.14. The molecular weight excluding hydrogens is 346 g/mol.